The van der Waals surface area contributed by atoms with E-state index < -0.39 is 5.91 Å². The number of benzene rings is 1. The Bertz CT molecular complexity index is 397. The summed E-state index contributed by atoms with van der Waals surface area (Å²) in [5, 5.41) is 0. The minimum Gasteiger partial charge on any atom is -0.397 e. The number of nitrogen functional groups attached to an aromatic ring is 1. The number of nitrogens with zero attached hydrogens (tertiary/aromatic N) is 1. The molecular weight excluding hydrogens is 202 g/mol. The third-order valence-corrected chi connectivity index (χ3v) is 3.01. The van der Waals surface area contributed by atoms with Gasteiger partial charge in [0.2, 0.25) is 5.91 Å². The summed E-state index contributed by atoms with van der Waals surface area (Å²) in [4.78, 5) is 13.3. The van der Waals surface area contributed by atoms with Gasteiger partial charge in [-0.15, -0.1) is 0 Å². The molecule has 16 heavy (non-hydrogen) atoms. The SMILES string of the molecule is NC(=O)c1ccc(N)c(N2CCCCC2)c1. The van der Waals surface area contributed by atoms with Crippen molar-refractivity contribution < 1.29 is 4.79 Å². The second kappa shape index (κ2) is 4.43. The fourth-order valence-electron chi connectivity index (χ4n) is 2.11. The van der Waals surface area contributed by atoms with Gasteiger partial charge in [-0.2, -0.15) is 0 Å². The maximum Gasteiger partial charge on any atom is 0.248 e. The van der Waals surface area contributed by atoms with E-state index in [1.807, 2.05) is 0 Å². The molecule has 1 aliphatic heterocycles. The lowest BCUT2D eigenvalue weighted by molar-refractivity contribution is 0.100. The van der Waals surface area contributed by atoms with E-state index in [1.54, 1.807) is 18.2 Å². The molecule has 0 saturated carbocycles. The first-order chi connectivity index (χ1) is 7.68. The highest BCUT2D eigenvalue weighted by atomic mass is 16.1. The van der Waals surface area contributed by atoms with Gasteiger partial charge >= 0.3 is 0 Å². The zero-order valence-corrected chi connectivity index (χ0v) is 9.28. The second-order valence-corrected chi connectivity index (χ2v) is 4.19. The molecule has 1 heterocycles. The van der Waals surface area contributed by atoms with E-state index in [9.17, 15) is 4.79 Å². The number of primary amides is 1. The quantitative estimate of drug-likeness (QED) is 0.738. The largest absolute Gasteiger partial charge is 0.397 e. The van der Waals surface area contributed by atoms with Crippen LogP contribution < -0.4 is 16.4 Å². The number of hydrogen-bond acceptors (Lipinski definition) is 3. The molecule has 0 atom stereocenters. The van der Waals surface area contributed by atoms with Crippen LogP contribution in [0.2, 0.25) is 0 Å². The van der Waals surface area contributed by atoms with E-state index in [0.29, 0.717) is 11.3 Å². The Morgan fingerprint density at radius 3 is 2.50 bits per heavy atom. The van der Waals surface area contributed by atoms with Crippen LogP contribution in [0.1, 0.15) is 29.6 Å². The highest BCUT2D eigenvalue weighted by molar-refractivity contribution is 5.95. The van der Waals surface area contributed by atoms with E-state index in [2.05, 4.69) is 4.90 Å². The summed E-state index contributed by atoms with van der Waals surface area (Å²) in [5.74, 6) is -0.404. The molecule has 0 aromatic heterocycles. The van der Waals surface area contributed by atoms with Crippen molar-refractivity contribution in [1.29, 1.82) is 0 Å². The van der Waals surface area contributed by atoms with Crippen LogP contribution in [0.5, 0.6) is 0 Å². The molecule has 4 heteroatoms. The van der Waals surface area contributed by atoms with Gasteiger partial charge in [0.05, 0.1) is 11.4 Å². The predicted octanol–water partition coefficient (Wildman–Crippen LogP) is 1.36. The molecule has 0 unspecified atom stereocenters. The Balaban J connectivity index is 2.30. The van der Waals surface area contributed by atoms with Crippen LogP contribution in [0.15, 0.2) is 18.2 Å². The molecule has 1 aliphatic rings. The van der Waals surface area contributed by atoms with Crippen LogP contribution in [0.3, 0.4) is 0 Å². The van der Waals surface area contributed by atoms with E-state index in [1.165, 1.54) is 19.3 Å². The maximum atomic E-state index is 11.1. The molecule has 0 aliphatic carbocycles. The third-order valence-electron chi connectivity index (χ3n) is 3.01. The Kier molecular flexibility index (Phi) is 2.99. The van der Waals surface area contributed by atoms with E-state index in [-0.39, 0.29) is 0 Å². The molecule has 1 aromatic rings. The van der Waals surface area contributed by atoms with Crippen molar-refractivity contribution in [3.63, 3.8) is 0 Å². The normalized spacial score (nSPS) is 16.1. The van der Waals surface area contributed by atoms with Crippen LogP contribution in [-0.2, 0) is 0 Å². The number of carbonyl (C=O) groups excluding carboxylic acids is 1. The molecule has 1 aromatic carbocycles. The number of hydrogen-bond donors (Lipinski definition) is 2. The highest BCUT2D eigenvalue weighted by Gasteiger charge is 2.14. The monoisotopic (exact) mass is 219 g/mol. The van der Waals surface area contributed by atoms with Crippen molar-refractivity contribution in [3.8, 4) is 0 Å². The zero-order chi connectivity index (χ0) is 11.5. The minimum absolute atomic E-state index is 0.404. The standard InChI is InChI=1S/C12H17N3O/c13-10-5-4-9(12(14)16)8-11(10)15-6-2-1-3-7-15/h4-5,8H,1-3,6-7,13H2,(H2,14,16). The second-order valence-electron chi connectivity index (χ2n) is 4.19. The van der Waals surface area contributed by atoms with Gasteiger partial charge in [0, 0.05) is 18.7 Å². The fraction of sp³-hybridized carbons (Fsp3) is 0.417. The van der Waals surface area contributed by atoms with Gasteiger partial charge < -0.3 is 16.4 Å². The lowest BCUT2D eigenvalue weighted by atomic mass is 10.1. The lowest BCUT2D eigenvalue weighted by Gasteiger charge is -2.30. The maximum absolute atomic E-state index is 11.1. The Labute approximate surface area is 95.2 Å². The minimum atomic E-state index is -0.404. The molecule has 4 nitrogen and oxygen atoms in total. The molecule has 86 valence electrons. The van der Waals surface area contributed by atoms with Crippen molar-refractivity contribution in [2.24, 2.45) is 5.73 Å². The molecule has 0 spiro atoms. The first-order valence-electron chi connectivity index (χ1n) is 5.63. The predicted molar refractivity (Wildman–Crippen MR) is 65.4 cm³/mol. The van der Waals surface area contributed by atoms with Crippen molar-refractivity contribution in [2.45, 2.75) is 19.3 Å². The van der Waals surface area contributed by atoms with Gasteiger partial charge in [0.25, 0.3) is 0 Å². The molecule has 1 amide bonds. The molecule has 0 radical (unpaired) electrons. The smallest absolute Gasteiger partial charge is 0.248 e. The van der Waals surface area contributed by atoms with Crippen molar-refractivity contribution >= 4 is 17.3 Å². The summed E-state index contributed by atoms with van der Waals surface area (Å²) in [7, 11) is 0. The van der Waals surface area contributed by atoms with Gasteiger partial charge in [-0.1, -0.05) is 0 Å². The summed E-state index contributed by atoms with van der Waals surface area (Å²) >= 11 is 0. The molecule has 0 bridgehead atoms. The molecule has 1 saturated heterocycles. The van der Waals surface area contributed by atoms with Crippen molar-refractivity contribution in [2.75, 3.05) is 23.7 Å². The summed E-state index contributed by atoms with van der Waals surface area (Å²) in [6, 6.07) is 5.22. The molecule has 1 fully saturated rings. The Hall–Kier alpha value is -1.71. The third kappa shape index (κ3) is 2.10. The fourth-order valence-corrected chi connectivity index (χ4v) is 2.11. The van der Waals surface area contributed by atoms with Crippen LogP contribution in [0.25, 0.3) is 0 Å². The number of anilines is 2. The van der Waals surface area contributed by atoms with Crippen molar-refractivity contribution in [3.05, 3.63) is 23.8 Å². The van der Waals surface area contributed by atoms with Crippen LogP contribution >= 0.6 is 0 Å². The summed E-state index contributed by atoms with van der Waals surface area (Å²) in [5.41, 5.74) is 13.4. The number of rotatable bonds is 2. The number of piperidine rings is 1. The highest BCUT2D eigenvalue weighted by Crippen LogP contribution is 2.27. The molecular formula is C12H17N3O. The van der Waals surface area contributed by atoms with Crippen LogP contribution in [-0.4, -0.2) is 19.0 Å². The first-order valence-corrected chi connectivity index (χ1v) is 5.63. The topological polar surface area (TPSA) is 72.3 Å². The zero-order valence-electron chi connectivity index (χ0n) is 9.28. The summed E-state index contributed by atoms with van der Waals surface area (Å²) < 4.78 is 0. The number of amides is 1. The lowest BCUT2D eigenvalue weighted by Crippen LogP contribution is -2.30. The van der Waals surface area contributed by atoms with E-state index >= 15 is 0 Å². The summed E-state index contributed by atoms with van der Waals surface area (Å²) in [6.07, 6.45) is 3.63. The molecule has 2 rings (SSSR count). The van der Waals surface area contributed by atoms with Gasteiger partial charge in [-0.25, -0.2) is 0 Å². The first kappa shape index (κ1) is 10.8. The van der Waals surface area contributed by atoms with Crippen LogP contribution in [0, 0.1) is 0 Å². The van der Waals surface area contributed by atoms with Crippen LogP contribution in [0.4, 0.5) is 11.4 Å². The van der Waals surface area contributed by atoms with Gasteiger partial charge in [0.15, 0.2) is 0 Å². The average molecular weight is 219 g/mol. The Morgan fingerprint density at radius 2 is 1.88 bits per heavy atom. The van der Waals surface area contributed by atoms with E-state index in [4.69, 9.17) is 11.5 Å². The Morgan fingerprint density at radius 1 is 1.19 bits per heavy atom. The van der Waals surface area contributed by atoms with Crippen molar-refractivity contribution in [1.82, 2.24) is 0 Å². The van der Waals surface area contributed by atoms with E-state index in [0.717, 1.165) is 18.8 Å². The summed E-state index contributed by atoms with van der Waals surface area (Å²) in [6.45, 7) is 2.01. The molecule has 4 N–H and O–H groups in total. The number of carbonyl (C=O) groups is 1. The van der Waals surface area contributed by atoms with Gasteiger partial charge in [-0.05, 0) is 37.5 Å². The van der Waals surface area contributed by atoms with Gasteiger partial charge in [-0.3, -0.25) is 4.79 Å². The average Bonchev–Trinajstić information content (AvgIpc) is 2.30. The number of nitrogens with two attached hydrogens (primary N) is 2. The van der Waals surface area contributed by atoms with Gasteiger partial charge in [0.1, 0.15) is 0 Å².